The van der Waals surface area contributed by atoms with E-state index in [-0.39, 0.29) is 11.9 Å². The van der Waals surface area contributed by atoms with Crippen LogP contribution < -0.4 is 0 Å². The van der Waals surface area contributed by atoms with Crippen molar-refractivity contribution in [1.82, 2.24) is 15.1 Å². The molecule has 6 nitrogen and oxygen atoms in total. The zero-order chi connectivity index (χ0) is 17.2. The Kier molecular flexibility index (Phi) is 4.61. The lowest BCUT2D eigenvalue weighted by atomic mass is 10.0. The van der Waals surface area contributed by atoms with Crippen LogP contribution in [0.1, 0.15) is 72.1 Å². The fourth-order valence-electron chi connectivity index (χ4n) is 4.18. The fraction of sp³-hybridized carbons (Fsp3) is 0.579. The van der Waals surface area contributed by atoms with Crippen molar-refractivity contribution in [2.75, 3.05) is 6.54 Å². The van der Waals surface area contributed by atoms with Gasteiger partial charge in [-0.25, -0.2) is 0 Å². The first kappa shape index (κ1) is 16.4. The largest absolute Gasteiger partial charge is 0.467 e. The zero-order valence-electron chi connectivity index (χ0n) is 14.4. The fourth-order valence-corrected chi connectivity index (χ4v) is 4.18. The van der Waals surface area contributed by atoms with Crippen molar-refractivity contribution in [2.45, 2.75) is 63.5 Å². The van der Waals surface area contributed by atoms with Crippen LogP contribution in [0.5, 0.6) is 0 Å². The molecule has 2 aromatic heterocycles. The van der Waals surface area contributed by atoms with Gasteiger partial charge in [0, 0.05) is 30.3 Å². The van der Waals surface area contributed by atoms with E-state index in [2.05, 4.69) is 10.2 Å². The van der Waals surface area contributed by atoms with Gasteiger partial charge in [0.1, 0.15) is 11.9 Å². The van der Waals surface area contributed by atoms with E-state index in [4.69, 9.17) is 4.42 Å². The molecule has 0 unspecified atom stereocenters. The second-order valence-corrected chi connectivity index (χ2v) is 7.15. The van der Waals surface area contributed by atoms with Crippen LogP contribution in [0.15, 0.2) is 22.8 Å². The highest BCUT2D eigenvalue weighted by Crippen LogP contribution is 2.30. The molecule has 6 heteroatoms. The number of furan rings is 1. The van der Waals surface area contributed by atoms with Crippen LogP contribution in [-0.4, -0.2) is 38.7 Å². The van der Waals surface area contributed by atoms with Crippen LogP contribution in [0.4, 0.5) is 0 Å². The number of aromatic amines is 1. The Hall–Kier alpha value is -2.08. The second-order valence-electron chi connectivity index (χ2n) is 7.15. The molecule has 0 bridgehead atoms. The average Bonchev–Trinajstić information content (AvgIpc) is 3.31. The number of amides is 1. The first-order valence-corrected chi connectivity index (χ1v) is 9.32. The number of hydrogen-bond acceptors (Lipinski definition) is 4. The molecule has 1 fully saturated rings. The molecule has 0 radical (unpaired) electrons. The summed E-state index contributed by atoms with van der Waals surface area (Å²) in [6.07, 6.45) is 8.52. The SMILES string of the molecule is O=C(c1n[nH]c2c1CCC2)N1CCCCC[C@H]1C[C@H](O)c1ccco1. The van der Waals surface area contributed by atoms with Gasteiger partial charge in [0.15, 0.2) is 5.69 Å². The molecule has 2 atom stereocenters. The maximum absolute atomic E-state index is 13.2. The lowest BCUT2D eigenvalue weighted by Gasteiger charge is -2.31. The van der Waals surface area contributed by atoms with Crippen molar-refractivity contribution in [3.8, 4) is 0 Å². The monoisotopic (exact) mass is 343 g/mol. The van der Waals surface area contributed by atoms with Crippen molar-refractivity contribution in [3.05, 3.63) is 41.1 Å². The van der Waals surface area contributed by atoms with E-state index in [0.29, 0.717) is 17.9 Å². The van der Waals surface area contributed by atoms with E-state index < -0.39 is 6.10 Å². The van der Waals surface area contributed by atoms with Gasteiger partial charge in [-0.1, -0.05) is 12.8 Å². The number of rotatable bonds is 4. The zero-order valence-corrected chi connectivity index (χ0v) is 14.4. The number of aliphatic hydroxyl groups is 1. The molecule has 2 aromatic rings. The number of aryl methyl sites for hydroxylation is 1. The predicted octanol–water partition coefficient (Wildman–Crippen LogP) is 3.00. The Morgan fingerprint density at radius 2 is 2.28 bits per heavy atom. The lowest BCUT2D eigenvalue weighted by Crippen LogP contribution is -2.41. The Morgan fingerprint density at radius 1 is 1.36 bits per heavy atom. The summed E-state index contributed by atoms with van der Waals surface area (Å²) in [6.45, 7) is 0.732. The number of nitrogens with one attached hydrogen (secondary N) is 1. The smallest absolute Gasteiger partial charge is 0.274 e. The Bertz CT molecular complexity index is 722. The molecular weight excluding hydrogens is 318 g/mol. The van der Waals surface area contributed by atoms with E-state index >= 15 is 0 Å². The van der Waals surface area contributed by atoms with Gasteiger partial charge in [-0.2, -0.15) is 5.10 Å². The number of aliphatic hydroxyl groups excluding tert-OH is 1. The minimum Gasteiger partial charge on any atom is -0.467 e. The summed E-state index contributed by atoms with van der Waals surface area (Å²) in [5.41, 5.74) is 2.80. The number of carbonyl (C=O) groups is 1. The second kappa shape index (κ2) is 7.04. The minimum absolute atomic E-state index is 0.0120. The van der Waals surface area contributed by atoms with Crippen molar-refractivity contribution < 1.29 is 14.3 Å². The molecular formula is C19H25N3O3. The summed E-state index contributed by atoms with van der Waals surface area (Å²) in [6, 6.07) is 3.58. The van der Waals surface area contributed by atoms with Crippen molar-refractivity contribution in [2.24, 2.45) is 0 Å². The van der Waals surface area contributed by atoms with E-state index in [0.717, 1.165) is 62.7 Å². The van der Waals surface area contributed by atoms with Gasteiger partial charge in [0.25, 0.3) is 5.91 Å². The quantitative estimate of drug-likeness (QED) is 0.894. The van der Waals surface area contributed by atoms with Gasteiger partial charge in [0.2, 0.25) is 0 Å². The Morgan fingerprint density at radius 3 is 3.12 bits per heavy atom. The highest BCUT2D eigenvalue weighted by atomic mass is 16.4. The lowest BCUT2D eigenvalue weighted by molar-refractivity contribution is 0.0551. The predicted molar refractivity (Wildman–Crippen MR) is 92.2 cm³/mol. The molecule has 0 saturated carbocycles. The van der Waals surface area contributed by atoms with Crippen LogP contribution in [0.3, 0.4) is 0 Å². The minimum atomic E-state index is -0.682. The Labute approximate surface area is 147 Å². The third-order valence-corrected chi connectivity index (χ3v) is 5.51. The first-order chi connectivity index (χ1) is 12.2. The van der Waals surface area contributed by atoms with Crippen LogP contribution >= 0.6 is 0 Å². The number of aromatic nitrogens is 2. The number of likely N-dealkylation sites (tertiary alicyclic amines) is 1. The molecule has 25 heavy (non-hydrogen) atoms. The van der Waals surface area contributed by atoms with E-state index in [9.17, 15) is 9.90 Å². The number of fused-ring (bicyclic) bond motifs is 1. The molecule has 4 rings (SSSR count). The van der Waals surface area contributed by atoms with E-state index in [1.54, 1.807) is 18.4 Å². The topological polar surface area (TPSA) is 82.4 Å². The summed E-state index contributed by atoms with van der Waals surface area (Å²) in [4.78, 5) is 15.1. The number of hydrogen-bond donors (Lipinski definition) is 2. The Balaban J connectivity index is 1.54. The standard InChI is InChI=1S/C19H25N3O3/c23-16(17-9-5-11-25-17)12-13-6-2-1-3-10-22(13)19(24)18-14-7-4-8-15(14)20-21-18/h5,9,11,13,16,23H,1-4,6-8,10,12H2,(H,20,21)/t13-,16-/m0/s1. The highest BCUT2D eigenvalue weighted by molar-refractivity contribution is 5.94. The molecule has 3 heterocycles. The van der Waals surface area contributed by atoms with Gasteiger partial charge in [-0.3, -0.25) is 9.89 Å². The summed E-state index contributed by atoms with van der Waals surface area (Å²) in [5.74, 6) is 0.579. The number of H-pyrrole nitrogens is 1. The van der Waals surface area contributed by atoms with Gasteiger partial charge in [-0.15, -0.1) is 0 Å². The van der Waals surface area contributed by atoms with Gasteiger partial charge >= 0.3 is 0 Å². The maximum atomic E-state index is 13.2. The number of nitrogens with zero attached hydrogens (tertiary/aromatic N) is 2. The average molecular weight is 343 g/mol. The van der Waals surface area contributed by atoms with Crippen molar-refractivity contribution in [3.63, 3.8) is 0 Å². The highest BCUT2D eigenvalue weighted by Gasteiger charge is 2.32. The summed E-state index contributed by atoms with van der Waals surface area (Å²) >= 11 is 0. The normalized spacial score (nSPS) is 21.8. The summed E-state index contributed by atoms with van der Waals surface area (Å²) in [7, 11) is 0. The molecule has 2 N–H and O–H groups in total. The summed E-state index contributed by atoms with van der Waals surface area (Å²) in [5, 5.41) is 17.8. The third kappa shape index (κ3) is 3.23. The number of carbonyl (C=O) groups excluding carboxylic acids is 1. The van der Waals surface area contributed by atoms with Crippen molar-refractivity contribution in [1.29, 1.82) is 0 Å². The summed E-state index contributed by atoms with van der Waals surface area (Å²) < 4.78 is 5.33. The van der Waals surface area contributed by atoms with E-state index in [1.807, 2.05) is 4.90 Å². The van der Waals surface area contributed by atoms with Crippen LogP contribution in [0.2, 0.25) is 0 Å². The molecule has 134 valence electrons. The molecule has 1 aliphatic heterocycles. The molecule has 2 aliphatic rings. The van der Waals surface area contributed by atoms with Crippen molar-refractivity contribution >= 4 is 5.91 Å². The van der Waals surface area contributed by atoms with Crippen LogP contribution in [0, 0.1) is 0 Å². The molecule has 1 saturated heterocycles. The third-order valence-electron chi connectivity index (χ3n) is 5.51. The van der Waals surface area contributed by atoms with Crippen LogP contribution in [-0.2, 0) is 12.8 Å². The first-order valence-electron chi connectivity index (χ1n) is 9.32. The van der Waals surface area contributed by atoms with Gasteiger partial charge < -0.3 is 14.4 Å². The maximum Gasteiger partial charge on any atom is 0.274 e. The molecule has 0 spiro atoms. The molecule has 0 aromatic carbocycles. The van der Waals surface area contributed by atoms with Gasteiger partial charge in [0.05, 0.1) is 6.26 Å². The van der Waals surface area contributed by atoms with Gasteiger partial charge in [-0.05, 0) is 44.2 Å². The van der Waals surface area contributed by atoms with Crippen LogP contribution in [0.25, 0.3) is 0 Å². The van der Waals surface area contributed by atoms with E-state index in [1.165, 1.54) is 0 Å². The molecule has 1 amide bonds. The molecule has 1 aliphatic carbocycles.